The summed E-state index contributed by atoms with van der Waals surface area (Å²) in [6.45, 7) is 1.12. The van der Waals surface area contributed by atoms with Gasteiger partial charge < -0.3 is 0 Å². The number of halogens is 5. The fourth-order valence-corrected chi connectivity index (χ4v) is 3.48. The molecule has 4 rings (SSSR count). The van der Waals surface area contributed by atoms with E-state index in [0.29, 0.717) is 35.5 Å². The average Bonchev–Trinajstić information content (AvgIpc) is 2.84. The molecule has 0 bridgehead atoms. The molecular weight excluding hydrogens is 401 g/mol. The van der Waals surface area contributed by atoms with Gasteiger partial charge in [-0.25, -0.2) is 8.78 Å². The lowest BCUT2D eigenvalue weighted by Crippen LogP contribution is -2.16. The fourth-order valence-electron chi connectivity index (χ4n) is 3.48. The van der Waals surface area contributed by atoms with Gasteiger partial charge in [0.1, 0.15) is 11.6 Å². The number of nitrogens with zero attached hydrogens (tertiary/aromatic N) is 3. The summed E-state index contributed by atoms with van der Waals surface area (Å²) in [7, 11) is 1.90. The fraction of sp³-hybridized carbons (Fsp3) is 0.182. The third-order valence-corrected chi connectivity index (χ3v) is 4.87. The van der Waals surface area contributed by atoms with Gasteiger partial charge in [0.05, 0.1) is 5.69 Å². The van der Waals surface area contributed by atoms with Crippen LogP contribution in [0.1, 0.15) is 22.4 Å². The van der Waals surface area contributed by atoms with Gasteiger partial charge in [-0.3, -0.25) is 4.90 Å². The van der Waals surface area contributed by atoms with Crippen molar-refractivity contribution in [3.05, 3.63) is 88.6 Å². The molecule has 0 atom stereocenters. The van der Waals surface area contributed by atoms with Crippen molar-refractivity contribution >= 4 is 5.57 Å². The lowest BCUT2D eigenvalue weighted by Gasteiger charge is -2.15. The zero-order valence-corrected chi connectivity index (χ0v) is 15.8. The highest BCUT2D eigenvalue weighted by Crippen LogP contribution is 2.33. The number of hydrogen-bond acceptors (Lipinski definition) is 3. The Morgan fingerprint density at radius 3 is 2.23 bits per heavy atom. The number of fused-ring (bicyclic) bond motifs is 1. The maximum atomic E-state index is 13.8. The number of alkyl halides is 3. The van der Waals surface area contributed by atoms with E-state index in [1.54, 1.807) is 12.1 Å². The first-order valence-electron chi connectivity index (χ1n) is 9.10. The maximum absolute atomic E-state index is 13.8. The highest BCUT2D eigenvalue weighted by atomic mass is 19.4. The van der Waals surface area contributed by atoms with E-state index >= 15 is 0 Å². The van der Waals surface area contributed by atoms with Crippen LogP contribution in [0.3, 0.4) is 0 Å². The van der Waals surface area contributed by atoms with E-state index in [9.17, 15) is 22.0 Å². The summed E-state index contributed by atoms with van der Waals surface area (Å²) in [4.78, 5) is 2.02. The van der Waals surface area contributed by atoms with Gasteiger partial charge in [-0.15, -0.1) is 10.2 Å². The summed E-state index contributed by atoms with van der Waals surface area (Å²) in [5.41, 5.74) is 2.64. The van der Waals surface area contributed by atoms with E-state index in [1.165, 1.54) is 18.2 Å². The Bertz CT molecular complexity index is 1100. The highest BCUT2D eigenvalue weighted by molar-refractivity contribution is 5.83. The van der Waals surface area contributed by atoms with Crippen LogP contribution in [0.4, 0.5) is 22.0 Å². The predicted octanol–water partition coefficient (Wildman–Crippen LogP) is 5.32. The molecule has 30 heavy (non-hydrogen) atoms. The van der Waals surface area contributed by atoms with Gasteiger partial charge in [0.2, 0.25) is 0 Å². The van der Waals surface area contributed by atoms with Gasteiger partial charge in [-0.2, -0.15) is 13.2 Å². The SMILES string of the molecule is CN1CC=C(c2cc(F)cc(F)c2)c2ccc(-c3ccc(C(F)(F)F)nn3)cc2C1. The van der Waals surface area contributed by atoms with E-state index in [0.717, 1.165) is 23.3 Å². The van der Waals surface area contributed by atoms with Gasteiger partial charge >= 0.3 is 6.18 Å². The molecule has 0 aliphatic carbocycles. The molecule has 0 fully saturated rings. The van der Waals surface area contributed by atoms with Crippen LogP contribution in [0.5, 0.6) is 0 Å². The Labute approximate surface area is 169 Å². The summed E-state index contributed by atoms with van der Waals surface area (Å²) in [5.74, 6) is -1.33. The van der Waals surface area contributed by atoms with Crippen molar-refractivity contribution < 1.29 is 22.0 Å². The predicted molar refractivity (Wildman–Crippen MR) is 102 cm³/mol. The normalized spacial score (nSPS) is 14.8. The summed E-state index contributed by atoms with van der Waals surface area (Å²) >= 11 is 0. The molecule has 0 N–H and O–H groups in total. The van der Waals surface area contributed by atoms with Crippen molar-refractivity contribution in [3.8, 4) is 11.3 Å². The molecule has 2 heterocycles. The topological polar surface area (TPSA) is 29.0 Å². The van der Waals surface area contributed by atoms with E-state index in [4.69, 9.17) is 0 Å². The van der Waals surface area contributed by atoms with Crippen molar-refractivity contribution in [1.82, 2.24) is 15.1 Å². The molecule has 0 amide bonds. The van der Waals surface area contributed by atoms with Crippen LogP contribution in [0, 0.1) is 11.6 Å². The van der Waals surface area contributed by atoms with Crippen LogP contribution < -0.4 is 0 Å². The Hall–Kier alpha value is -3.13. The molecule has 3 nitrogen and oxygen atoms in total. The molecule has 1 aliphatic rings. The zero-order valence-electron chi connectivity index (χ0n) is 15.8. The standard InChI is InChI=1S/C22H16F5N3/c1-30-7-6-19(14-9-16(23)11-17(24)10-14)18-3-2-13(8-15(18)12-30)20-4-5-21(29-28-20)22(25,26)27/h2-6,8-11H,7,12H2,1H3. The third-order valence-electron chi connectivity index (χ3n) is 4.87. The lowest BCUT2D eigenvalue weighted by atomic mass is 9.92. The molecule has 154 valence electrons. The quantitative estimate of drug-likeness (QED) is 0.529. The molecule has 0 saturated carbocycles. The average molecular weight is 417 g/mol. The second kappa shape index (κ2) is 7.60. The van der Waals surface area contributed by atoms with Gasteiger partial charge in [0.25, 0.3) is 0 Å². The van der Waals surface area contributed by atoms with Crippen molar-refractivity contribution in [2.45, 2.75) is 12.7 Å². The molecule has 0 saturated heterocycles. The van der Waals surface area contributed by atoms with Gasteiger partial charge in [-0.1, -0.05) is 18.2 Å². The van der Waals surface area contributed by atoms with E-state index in [-0.39, 0.29) is 0 Å². The summed E-state index contributed by atoms with van der Waals surface area (Å²) < 4.78 is 65.7. The number of benzene rings is 2. The van der Waals surface area contributed by atoms with E-state index < -0.39 is 23.5 Å². The van der Waals surface area contributed by atoms with Gasteiger partial charge in [0.15, 0.2) is 5.69 Å². The Balaban J connectivity index is 1.76. The maximum Gasteiger partial charge on any atom is 0.435 e. The lowest BCUT2D eigenvalue weighted by molar-refractivity contribution is -0.141. The van der Waals surface area contributed by atoms with Crippen LogP contribution in [-0.2, 0) is 12.7 Å². The van der Waals surface area contributed by atoms with Crippen molar-refractivity contribution in [2.75, 3.05) is 13.6 Å². The molecule has 1 aliphatic heterocycles. The molecular formula is C22H16F5N3. The first kappa shape index (κ1) is 20.2. The molecule has 0 radical (unpaired) electrons. The van der Waals surface area contributed by atoms with Crippen LogP contribution >= 0.6 is 0 Å². The Morgan fingerprint density at radius 2 is 1.60 bits per heavy atom. The zero-order chi connectivity index (χ0) is 21.5. The summed E-state index contributed by atoms with van der Waals surface area (Å²) in [6.07, 6.45) is -2.65. The van der Waals surface area contributed by atoms with E-state index in [1.807, 2.05) is 24.1 Å². The minimum Gasteiger partial charge on any atom is -0.298 e. The largest absolute Gasteiger partial charge is 0.435 e. The molecule has 8 heteroatoms. The number of likely N-dealkylation sites (N-methyl/N-ethyl adjacent to an activating group) is 1. The monoisotopic (exact) mass is 417 g/mol. The number of hydrogen-bond donors (Lipinski definition) is 0. The third kappa shape index (κ3) is 4.09. The molecule has 2 aromatic carbocycles. The van der Waals surface area contributed by atoms with E-state index in [2.05, 4.69) is 10.2 Å². The Kier molecular flexibility index (Phi) is 5.11. The second-order valence-corrected chi connectivity index (χ2v) is 7.15. The minimum absolute atomic E-state index is 0.306. The first-order valence-corrected chi connectivity index (χ1v) is 9.10. The van der Waals surface area contributed by atoms with Crippen LogP contribution in [0.15, 0.2) is 54.6 Å². The van der Waals surface area contributed by atoms with Crippen molar-refractivity contribution in [1.29, 1.82) is 0 Å². The van der Waals surface area contributed by atoms with Crippen LogP contribution in [0.2, 0.25) is 0 Å². The summed E-state index contributed by atoms with van der Waals surface area (Å²) in [6, 6.07) is 10.9. The van der Waals surface area contributed by atoms with Gasteiger partial charge in [0, 0.05) is 24.7 Å². The van der Waals surface area contributed by atoms with Crippen molar-refractivity contribution in [2.24, 2.45) is 0 Å². The molecule has 0 spiro atoms. The smallest absolute Gasteiger partial charge is 0.298 e. The van der Waals surface area contributed by atoms with Gasteiger partial charge in [-0.05, 0) is 59.6 Å². The van der Waals surface area contributed by atoms with Crippen LogP contribution in [-0.4, -0.2) is 28.7 Å². The molecule has 1 aromatic heterocycles. The number of aromatic nitrogens is 2. The minimum atomic E-state index is -4.55. The van der Waals surface area contributed by atoms with Crippen LogP contribution in [0.25, 0.3) is 16.8 Å². The second-order valence-electron chi connectivity index (χ2n) is 7.15. The number of rotatable bonds is 2. The molecule has 0 unspecified atom stereocenters. The summed E-state index contributed by atoms with van der Waals surface area (Å²) in [5, 5.41) is 6.98. The first-order chi connectivity index (χ1) is 14.2. The molecule has 3 aromatic rings. The Morgan fingerprint density at radius 1 is 0.867 bits per heavy atom. The highest BCUT2D eigenvalue weighted by Gasteiger charge is 2.33. The van der Waals surface area contributed by atoms with Crippen molar-refractivity contribution in [3.63, 3.8) is 0 Å².